The molecule has 1 aromatic heterocycles. The van der Waals surface area contributed by atoms with Gasteiger partial charge in [-0.15, -0.1) is 0 Å². The average molecular weight is 357 g/mol. The van der Waals surface area contributed by atoms with Crippen LogP contribution < -0.4 is 0 Å². The lowest BCUT2D eigenvalue weighted by atomic mass is 10.0. The second-order valence-corrected chi connectivity index (χ2v) is 7.55. The molecule has 2 heterocycles. The Morgan fingerprint density at radius 1 is 1.08 bits per heavy atom. The Bertz CT molecular complexity index is 732. The molecule has 3 rings (SSSR count). The highest BCUT2D eigenvalue weighted by Gasteiger charge is 2.21. The summed E-state index contributed by atoms with van der Waals surface area (Å²) in [5, 5.41) is 15.2. The monoisotopic (exact) mass is 356 g/mol. The fraction of sp³-hybridized carbons (Fsp3) is 0.571. The summed E-state index contributed by atoms with van der Waals surface area (Å²) in [7, 11) is 0. The van der Waals surface area contributed by atoms with E-state index in [1.165, 1.54) is 16.7 Å². The first-order valence-electron chi connectivity index (χ1n) is 9.69. The molecule has 2 aromatic rings. The summed E-state index contributed by atoms with van der Waals surface area (Å²) in [5.74, 6) is 0. The third kappa shape index (κ3) is 4.53. The Labute approximate surface area is 157 Å². The predicted octanol–water partition coefficient (Wildman–Crippen LogP) is 2.68. The molecule has 26 heavy (non-hydrogen) atoms. The molecule has 0 radical (unpaired) electrons. The minimum absolute atomic E-state index is 0.410. The first kappa shape index (κ1) is 19.1. The molecule has 1 fully saturated rings. The van der Waals surface area contributed by atoms with E-state index in [1.807, 2.05) is 4.68 Å². The summed E-state index contributed by atoms with van der Waals surface area (Å²) in [6, 6.07) is 6.30. The fourth-order valence-electron chi connectivity index (χ4n) is 3.79. The number of nitrogens with zero attached hydrogens (tertiary/aromatic N) is 4. The van der Waals surface area contributed by atoms with Crippen LogP contribution in [0.3, 0.4) is 0 Å². The quantitative estimate of drug-likeness (QED) is 0.864. The van der Waals surface area contributed by atoms with E-state index in [9.17, 15) is 5.11 Å². The van der Waals surface area contributed by atoms with Crippen LogP contribution in [0.2, 0.25) is 0 Å². The Kier molecular flexibility index (Phi) is 6.12. The van der Waals surface area contributed by atoms with Gasteiger partial charge >= 0.3 is 0 Å². The van der Waals surface area contributed by atoms with Crippen LogP contribution >= 0.6 is 0 Å². The number of benzene rings is 1. The van der Waals surface area contributed by atoms with Gasteiger partial charge in [-0.05, 0) is 38.8 Å². The van der Waals surface area contributed by atoms with E-state index in [2.05, 4.69) is 67.0 Å². The molecule has 0 spiro atoms. The molecule has 142 valence electrons. The Balaban J connectivity index is 1.51. The van der Waals surface area contributed by atoms with Crippen molar-refractivity contribution in [2.45, 2.75) is 46.9 Å². The van der Waals surface area contributed by atoms with Crippen LogP contribution in [-0.4, -0.2) is 57.4 Å². The Morgan fingerprint density at radius 2 is 1.77 bits per heavy atom. The lowest BCUT2D eigenvalue weighted by molar-refractivity contribution is 0.0698. The molecule has 1 aromatic carbocycles. The first-order valence-corrected chi connectivity index (χ1v) is 9.69. The van der Waals surface area contributed by atoms with E-state index in [4.69, 9.17) is 0 Å². The van der Waals surface area contributed by atoms with Crippen LogP contribution in [0.15, 0.2) is 24.4 Å². The molecule has 0 saturated carbocycles. The van der Waals surface area contributed by atoms with Crippen molar-refractivity contribution in [3.05, 3.63) is 52.3 Å². The van der Waals surface area contributed by atoms with Crippen LogP contribution in [0, 0.1) is 20.8 Å². The van der Waals surface area contributed by atoms with E-state index < -0.39 is 6.10 Å². The first-order chi connectivity index (χ1) is 12.5. The zero-order valence-corrected chi connectivity index (χ0v) is 16.6. The van der Waals surface area contributed by atoms with Gasteiger partial charge in [0.05, 0.1) is 11.8 Å². The van der Waals surface area contributed by atoms with Crippen molar-refractivity contribution < 1.29 is 5.11 Å². The average Bonchev–Trinajstić information content (AvgIpc) is 2.96. The smallest absolute Gasteiger partial charge is 0.0919 e. The van der Waals surface area contributed by atoms with Gasteiger partial charge in [0.2, 0.25) is 0 Å². The highest BCUT2D eigenvalue weighted by Crippen LogP contribution is 2.21. The summed E-state index contributed by atoms with van der Waals surface area (Å²) in [5.41, 5.74) is 5.95. The van der Waals surface area contributed by atoms with Crippen molar-refractivity contribution in [2.24, 2.45) is 0 Å². The molecule has 1 N–H and O–H groups in total. The molecule has 1 aliphatic rings. The molecular formula is C21H32N4O. The normalized spacial score (nSPS) is 17.6. The summed E-state index contributed by atoms with van der Waals surface area (Å²) in [6.07, 6.45) is 1.76. The van der Waals surface area contributed by atoms with Crippen molar-refractivity contribution in [1.82, 2.24) is 19.6 Å². The van der Waals surface area contributed by atoms with Gasteiger partial charge in [0.25, 0.3) is 0 Å². The number of aliphatic hydroxyl groups excluding tert-OH is 1. The number of aromatic nitrogens is 2. The number of hydrogen-bond acceptors (Lipinski definition) is 4. The second kappa shape index (κ2) is 8.33. The molecule has 0 unspecified atom stereocenters. The van der Waals surface area contributed by atoms with Crippen molar-refractivity contribution in [3.63, 3.8) is 0 Å². The summed E-state index contributed by atoms with van der Waals surface area (Å²) < 4.78 is 2.02. The van der Waals surface area contributed by atoms with E-state index in [-0.39, 0.29) is 0 Å². The van der Waals surface area contributed by atoms with Gasteiger partial charge in [-0.2, -0.15) is 5.10 Å². The van der Waals surface area contributed by atoms with E-state index in [0.29, 0.717) is 6.54 Å². The molecule has 1 aliphatic heterocycles. The van der Waals surface area contributed by atoms with Crippen molar-refractivity contribution in [3.8, 4) is 0 Å². The van der Waals surface area contributed by atoms with Gasteiger partial charge in [-0.25, -0.2) is 0 Å². The minimum Gasteiger partial charge on any atom is -0.387 e. The van der Waals surface area contributed by atoms with Crippen LogP contribution in [-0.2, 0) is 13.1 Å². The topological polar surface area (TPSA) is 44.5 Å². The van der Waals surface area contributed by atoms with Crippen LogP contribution in [0.25, 0.3) is 0 Å². The SMILES string of the molecule is CCn1cc(CN2CCN(C[C@@H](O)c3ccc(C)cc3C)CC2)c(C)n1. The van der Waals surface area contributed by atoms with Crippen molar-refractivity contribution in [1.29, 1.82) is 0 Å². The number of aryl methyl sites for hydroxylation is 4. The van der Waals surface area contributed by atoms with E-state index >= 15 is 0 Å². The molecule has 1 atom stereocenters. The lowest BCUT2D eigenvalue weighted by Gasteiger charge is -2.35. The Morgan fingerprint density at radius 3 is 2.38 bits per heavy atom. The van der Waals surface area contributed by atoms with Gasteiger partial charge in [0, 0.05) is 57.6 Å². The van der Waals surface area contributed by atoms with Gasteiger partial charge in [0.15, 0.2) is 0 Å². The van der Waals surface area contributed by atoms with Crippen molar-refractivity contribution in [2.75, 3.05) is 32.7 Å². The fourth-order valence-corrected chi connectivity index (χ4v) is 3.79. The number of β-amino-alcohol motifs (C(OH)–C–C–N with tert-alkyl or cyclic N) is 1. The Hall–Kier alpha value is -1.69. The molecule has 1 saturated heterocycles. The molecule has 5 heteroatoms. The molecule has 0 amide bonds. The highest BCUT2D eigenvalue weighted by molar-refractivity contribution is 5.32. The third-order valence-corrected chi connectivity index (χ3v) is 5.45. The van der Waals surface area contributed by atoms with Crippen molar-refractivity contribution >= 4 is 0 Å². The maximum atomic E-state index is 10.6. The third-order valence-electron chi connectivity index (χ3n) is 5.45. The summed E-state index contributed by atoms with van der Waals surface area (Å²) in [4.78, 5) is 4.87. The van der Waals surface area contributed by atoms with Gasteiger partial charge in [-0.1, -0.05) is 23.8 Å². The molecule has 0 aliphatic carbocycles. The summed E-state index contributed by atoms with van der Waals surface area (Å²) >= 11 is 0. The predicted molar refractivity (Wildman–Crippen MR) is 105 cm³/mol. The van der Waals surface area contributed by atoms with Crippen LogP contribution in [0.1, 0.15) is 41.0 Å². The molecule has 5 nitrogen and oxygen atoms in total. The molecular weight excluding hydrogens is 324 g/mol. The van der Waals surface area contributed by atoms with Crippen LogP contribution in [0.5, 0.6) is 0 Å². The summed E-state index contributed by atoms with van der Waals surface area (Å²) in [6.45, 7) is 15.1. The lowest BCUT2D eigenvalue weighted by Crippen LogP contribution is -2.47. The number of hydrogen-bond donors (Lipinski definition) is 1. The largest absolute Gasteiger partial charge is 0.387 e. The zero-order valence-electron chi connectivity index (χ0n) is 16.6. The number of piperazine rings is 1. The van der Waals surface area contributed by atoms with E-state index in [1.54, 1.807) is 0 Å². The maximum absolute atomic E-state index is 10.6. The minimum atomic E-state index is -0.410. The van der Waals surface area contributed by atoms with Gasteiger partial charge in [-0.3, -0.25) is 14.5 Å². The highest BCUT2D eigenvalue weighted by atomic mass is 16.3. The maximum Gasteiger partial charge on any atom is 0.0919 e. The van der Waals surface area contributed by atoms with Gasteiger partial charge in [0.1, 0.15) is 0 Å². The van der Waals surface area contributed by atoms with E-state index in [0.717, 1.165) is 50.5 Å². The van der Waals surface area contributed by atoms with Crippen LogP contribution in [0.4, 0.5) is 0 Å². The van der Waals surface area contributed by atoms with Gasteiger partial charge < -0.3 is 5.11 Å². The number of aliphatic hydroxyl groups is 1. The second-order valence-electron chi connectivity index (χ2n) is 7.55. The number of rotatable bonds is 6. The molecule has 0 bridgehead atoms. The standard InChI is InChI=1S/C21H32N4O/c1-5-25-14-19(18(4)22-25)13-23-8-10-24(11-9-23)15-21(26)20-7-6-16(2)12-17(20)3/h6-7,12,14,21,26H,5,8-11,13,15H2,1-4H3/t21-/m1/s1. The zero-order chi connectivity index (χ0) is 18.7.